The Balaban J connectivity index is 1.43. The number of anilines is 2. The van der Waals surface area contributed by atoms with Crippen molar-refractivity contribution in [3.8, 4) is 0 Å². The fraction of sp³-hybridized carbons (Fsp3) is 0.323. The smallest absolute Gasteiger partial charge is 0.335 e. The van der Waals surface area contributed by atoms with E-state index < -0.39 is 35.2 Å². The lowest BCUT2D eigenvalue weighted by molar-refractivity contribution is -0.128. The monoisotopic (exact) mass is 593 g/mol. The fourth-order valence-corrected chi connectivity index (χ4v) is 7.76. The van der Waals surface area contributed by atoms with Crippen molar-refractivity contribution in [3.63, 3.8) is 0 Å². The van der Waals surface area contributed by atoms with Gasteiger partial charge in [0.25, 0.3) is 0 Å². The SMILES string of the molecule is O=C(O)c1ccc(N2C[C@H]3[C@@H](C2=O)[C@H](c2cccc(Cl)c2F)[C@]2(C(=O)Nc4cc(Cl)ccc42)N3CC2CCC2)cc1. The Labute approximate surface area is 245 Å². The molecule has 10 heteroatoms. The maximum atomic E-state index is 16.0. The molecule has 0 aromatic heterocycles. The number of fused-ring (bicyclic) bond motifs is 3. The van der Waals surface area contributed by atoms with Gasteiger partial charge in [-0.05, 0) is 66.8 Å². The normalized spacial score (nSPS) is 27.2. The first-order valence-corrected chi connectivity index (χ1v) is 14.4. The molecule has 2 amide bonds. The molecule has 3 fully saturated rings. The lowest BCUT2D eigenvalue weighted by Gasteiger charge is -2.43. The van der Waals surface area contributed by atoms with Crippen LogP contribution in [0.25, 0.3) is 0 Å². The van der Waals surface area contributed by atoms with Crippen molar-refractivity contribution in [2.45, 2.75) is 36.8 Å². The van der Waals surface area contributed by atoms with E-state index in [1.54, 1.807) is 41.3 Å². The summed E-state index contributed by atoms with van der Waals surface area (Å²) in [7, 11) is 0. The van der Waals surface area contributed by atoms with Crippen LogP contribution in [0.2, 0.25) is 10.0 Å². The first-order valence-electron chi connectivity index (χ1n) is 13.7. The predicted molar refractivity (Wildman–Crippen MR) is 153 cm³/mol. The standard InChI is InChI=1S/C31H26Cl2FN3O4/c32-18-9-12-21-23(13-18)35-30(41)31(21)26(20-5-2-6-22(33)27(20)34)25-24(37(31)14-16-3-1-4-16)15-36(28(25)38)19-10-7-17(8-11-19)29(39)40/h2,5-13,16,24-26H,1,3-4,14-15H2,(H,35,41)(H,39,40)/t24-,25+,26-,31+/m0/s1. The predicted octanol–water partition coefficient (Wildman–Crippen LogP) is 5.91. The Morgan fingerprint density at radius 2 is 1.83 bits per heavy atom. The average molecular weight is 594 g/mol. The molecule has 7 nitrogen and oxygen atoms in total. The van der Waals surface area contributed by atoms with Gasteiger partial charge in [0.1, 0.15) is 11.4 Å². The van der Waals surface area contributed by atoms with Gasteiger partial charge in [-0.2, -0.15) is 0 Å². The summed E-state index contributed by atoms with van der Waals surface area (Å²) in [5.74, 6) is -3.53. The van der Waals surface area contributed by atoms with Crippen molar-refractivity contribution in [2.75, 3.05) is 23.3 Å². The fourth-order valence-electron chi connectivity index (χ4n) is 7.41. The summed E-state index contributed by atoms with van der Waals surface area (Å²) in [6.07, 6.45) is 3.14. The Hall–Kier alpha value is -3.46. The molecule has 41 heavy (non-hydrogen) atoms. The van der Waals surface area contributed by atoms with E-state index in [2.05, 4.69) is 10.2 Å². The Morgan fingerprint density at radius 1 is 1.07 bits per heavy atom. The van der Waals surface area contributed by atoms with Gasteiger partial charge < -0.3 is 15.3 Å². The van der Waals surface area contributed by atoms with Gasteiger partial charge in [0.2, 0.25) is 11.8 Å². The first kappa shape index (κ1) is 26.4. The molecule has 1 aliphatic carbocycles. The molecule has 7 rings (SSSR count). The Kier molecular flexibility index (Phi) is 6.15. The van der Waals surface area contributed by atoms with E-state index in [0.717, 1.165) is 19.3 Å². The zero-order valence-corrected chi connectivity index (χ0v) is 23.3. The van der Waals surface area contributed by atoms with E-state index in [1.807, 2.05) is 6.07 Å². The highest BCUT2D eigenvalue weighted by atomic mass is 35.5. The third kappa shape index (κ3) is 3.77. The summed E-state index contributed by atoms with van der Waals surface area (Å²) in [5, 5.41) is 12.7. The van der Waals surface area contributed by atoms with Gasteiger partial charge in [-0.25, -0.2) is 9.18 Å². The molecule has 1 spiro atoms. The molecular formula is C31H26Cl2FN3O4. The zero-order chi connectivity index (χ0) is 28.6. The van der Waals surface area contributed by atoms with Crippen molar-refractivity contribution in [1.82, 2.24) is 4.90 Å². The molecule has 3 aromatic carbocycles. The quantitative estimate of drug-likeness (QED) is 0.384. The van der Waals surface area contributed by atoms with Gasteiger partial charge in [-0.15, -0.1) is 0 Å². The Morgan fingerprint density at radius 3 is 2.51 bits per heavy atom. The largest absolute Gasteiger partial charge is 0.478 e. The van der Waals surface area contributed by atoms with E-state index in [4.69, 9.17) is 23.2 Å². The van der Waals surface area contributed by atoms with Crippen LogP contribution < -0.4 is 10.2 Å². The molecule has 4 atom stereocenters. The highest BCUT2D eigenvalue weighted by Crippen LogP contribution is 2.62. The van der Waals surface area contributed by atoms with Gasteiger partial charge in [0, 0.05) is 47.0 Å². The topological polar surface area (TPSA) is 90.0 Å². The van der Waals surface area contributed by atoms with Crippen LogP contribution in [-0.2, 0) is 15.1 Å². The van der Waals surface area contributed by atoms with Crippen LogP contribution in [0.3, 0.4) is 0 Å². The number of hydrogen-bond acceptors (Lipinski definition) is 4. The molecule has 0 unspecified atom stereocenters. The number of amides is 2. The summed E-state index contributed by atoms with van der Waals surface area (Å²) in [4.78, 5) is 43.9. The molecule has 0 radical (unpaired) electrons. The number of carbonyl (C=O) groups is 3. The van der Waals surface area contributed by atoms with E-state index in [-0.39, 0.29) is 34.5 Å². The number of carboxylic acid groups (broad SMARTS) is 1. The van der Waals surface area contributed by atoms with Crippen molar-refractivity contribution in [1.29, 1.82) is 0 Å². The average Bonchev–Trinajstić information content (AvgIpc) is 3.50. The molecule has 1 saturated carbocycles. The molecule has 3 aromatic rings. The second kappa shape index (κ2) is 9.54. The van der Waals surface area contributed by atoms with Crippen molar-refractivity contribution >= 4 is 52.4 Å². The molecule has 2 saturated heterocycles. The van der Waals surface area contributed by atoms with Gasteiger partial charge in [0.15, 0.2) is 0 Å². The number of nitrogens with zero attached hydrogens (tertiary/aromatic N) is 2. The van der Waals surface area contributed by atoms with E-state index in [1.165, 1.54) is 18.2 Å². The number of aromatic carboxylic acids is 1. The highest BCUT2D eigenvalue weighted by molar-refractivity contribution is 6.31. The van der Waals surface area contributed by atoms with Crippen molar-refractivity contribution in [3.05, 3.63) is 93.2 Å². The number of benzene rings is 3. The third-order valence-corrected chi connectivity index (χ3v) is 9.93. The summed E-state index contributed by atoms with van der Waals surface area (Å²) in [6.45, 7) is 0.855. The van der Waals surface area contributed by atoms with Crippen LogP contribution in [0.4, 0.5) is 15.8 Å². The van der Waals surface area contributed by atoms with Crippen LogP contribution in [0.1, 0.15) is 46.7 Å². The van der Waals surface area contributed by atoms with Crippen molar-refractivity contribution in [2.24, 2.45) is 11.8 Å². The second-order valence-corrected chi connectivity index (χ2v) is 12.2. The highest BCUT2D eigenvalue weighted by Gasteiger charge is 2.71. The molecule has 4 aliphatic rings. The molecular weight excluding hydrogens is 568 g/mol. The first-order chi connectivity index (χ1) is 19.7. The molecule has 0 bridgehead atoms. The minimum absolute atomic E-state index is 0.0760. The number of carbonyl (C=O) groups excluding carboxylic acids is 2. The van der Waals surface area contributed by atoms with E-state index in [9.17, 15) is 19.5 Å². The maximum absolute atomic E-state index is 16.0. The van der Waals surface area contributed by atoms with Gasteiger partial charge >= 0.3 is 5.97 Å². The van der Waals surface area contributed by atoms with Crippen LogP contribution in [0.15, 0.2) is 60.7 Å². The maximum Gasteiger partial charge on any atom is 0.335 e. The van der Waals surface area contributed by atoms with Crippen LogP contribution in [0.5, 0.6) is 0 Å². The van der Waals surface area contributed by atoms with Crippen LogP contribution in [-0.4, -0.2) is 46.9 Å². The van der Waals surface area contributed by atoms with Crippen molar-refractivity contribution < 1.29 is 23.9 Å². The Bertz CT molecular complexity index is 1610. The number of rotatable bonds is 5. The number of carboxylic acids is 1. The third-order valence-electron chi connectivity index (χ3n) is 9.41. The van der Waals surface area contributed by atoms with Gasteiger partial charge in [0.05, 0.1) is 16.5 Å². The second-order valence-electron chi connectivity index (χ2n) is 11.4. The molecule has 3 aliphatic heterocycles. The van der Waals surface area contributed by atoms with Crippen LogP contribution >= 0.6 is 23.2 Å². The van der Waals surface area contributed by atoms with E-state index in [0.29, 0.717) is 34.4 Å². The minimum Gasteiger partial charge on any atom is -0.478 e. The molecule has 2 N–H and O–H groups in total. The number of likely N-dealkylation sites (tertiary alicyclic amines) is 1. The minimum atomic E-state index is -1.34. The summed E-state index contributed by atoms with van der Waals surface area (Å²) < 4.78 is 16.0. The lowest BCUT2D eigenvalue weighted by Crippen LogP contribution is -2.55. The van der Waals surface area contributed by atoms with Gasteiger partial charge in [-0.1, -0.05) is 47.8 Å². The summed E-state index contributed by atoms with van der Waals surface area (Å²) in [6, 6.07) is 15.7. The molecule has 3 heterocycles. The lowest BCUT2D eigenvalue weighted by atomic mass is 9.71. The van der Waals surface area contributed by atoms with Crippen LogP contribution in [0, 0.1) is 17.7 Å². The zero-order valence-electron chi connectivity index (χ0n) is 21.8. The number of nitrogens with one attached hydrogen (secondary N) is 1. The van der Waals surface area contributed by atoms with Gasteiger partial charge in [-0.3, -0.25) is 14.5 Å². The number of halogens is 3. The summed E-state index contributed by atoms with van der Waals surface area (Å²) >= 11 is 12.6. The summed E-state index contributed by atoms with van der Waals surface area (Å²) in [5.41, 5.74) is 0.782. The van der Waals surface area contributed by atoms with E-state index >= 15 is 4.39 Å². The molecule has 210 valence electrons. The number of hydrogen-bond donors (Lipinski definition) is 2.